The molecule has 1 aromatic heterocycles. The Bertz CT molecular complexity index is 496. The average molecular weight is 219 g/mol. The maximum atomic E-state index is 13.1. The molecule has 1 atom stereocenters. The van der Waals surface area contributed by atoms with Gasteiger partial charge in [0.05, 0.1) is 5.69 Å². The van der Waals surface area contributed by atoms with Gasteiger partial charge in [-0.3, -0.25) is 9.89 Å². The lowest BCUT2D eigenvalue weighted by Gasteiger charge is -2.10. The summed E-state index contributed by atoms with van der Waals surface area (Å²) in [6.45, 7) is 0. The lowest BCUT2D eigenvalue weighted by Crippen LogP contribution is -2.22. The second-order valence-electron chi connectivity index (χ2n) is 3.39. The Kier molecular flexibility index (Phi) is 2.68. The van der Waals surface area contributed by atoms with Crippen LogP contribution in [0, 0.1) is 5.82 Å². The summed E-state index contributed by atoms with van der Waals surface area (Å²) in [6.07, 6.45) is 1.59. The number of aromatic nitrogens is 2. The van der Waals surface area contributed by atoms with Crippen LogP contribution in [0.25, 0.3) is 0 Å². The van der Waals surface area contributed by atoms with Crippen LogP contribution in [-0.2, 0) is 4.79 Å². The normalized spacial score (nSPS) is 12.3. The summed E-state index contributed by atoms with van der Waals surface area (Å²) in [6, 6.07) is 7.41. The van der Waals surface area contributed by atoms with Crippen LogP contribution in [0.15, 0.2) is 36.5 Å². The smallest absolute Gasteiger partial charge is 0.231 e. The van der Waals surface area contributed by atoms with Crippen molar-refractivity contribution in [3.63, 3.8) is 0 Å². The summed E-state index contributed by atoms with van der Waals surface area (Å²) < 4.78 is 13.1. The van der Waals surface area contributed by atoms with Gasteiger partial charge in [-0.05, 0) is 23.8 Å². The first-order valence-electron chi connectivity index (χ1n) is 4.73. The molecule has 0 fully saturated rings. The number of rotatable bonds is 3. The molecule has 0 saturated carbocycles. The van der Waals surface area contributed by atoms with Gasteiger partial charge in [-0.1, -0.05) is 12.1 Å². The summed E-state index contributed by atoms with van der Waals surface area (Å²) in [7, 11) is 0. The summed E-state index contributed by atoms with van der Waals surface area (Å²) >= 11 is 0. The zero-order valence-electron chi connectivity index (χ0n) is 8.35. The van der Waals surface area contributed by atoms with Gasteiger partial charge < -0.3 is 5.73 Å². The fourth-order valence-corrected chi connectivity index (χ4v) is 1.60. The number of carbonyl (C=O) groups is 1. The van der Waals surface area contributed by atoms with Gasteiger partial charge in [-0.2, -0.15) is 5.10 Å². The molecular weight excluding hydrogens is 209 g/mol. The van der Waals surface area contributed by atoms with Crippen molar-refractivity contribution in [2.45, 2.75) is 5.92 Å². The van der Waals surface area contributed by atoms with E-state index in [-0.39, 0.29) is 0 Å². The SMILES string of the molecule is NC(=O)C(c1cccc(F)c1)c1cc[nH]n1. The van der Waals surface area contributed by atoms with Crippen molar-refractivity contribution in [1.82, 2.24) is 10.2 Å². The molecule has 0 spiro atoms. The number of nitrogens with two attached hydrogens (primary N) is 1. The minimum absolute atomic E-state index is 0.403. The van der Waals surface area contributed by atoms with Crippen LogP contribution in [0.1, 0.15) is 17.2 Å². The van der Waals surface area contributed by atoms with Gasteiger partial charge in [0.2, 0.25) is 5.91 Å². The highest BCUT2D eigenvalue weighted by Gasteiger charge is 2.22. The number of amides is 1. The van der Waals surface area contributed by atoms with Gasteiger partial charge in [0, 0.05) is 6.20 Å². The number of nitrogens with zero attached hydrogens (tertiary/aromatic N) is 1. The monoisotopic (exact) mass is 219 g/mol. The number of carbonyl (C=O) groups excluding carboxylic acids is 1. The maximum absolute atomic E-state index is 13.1. The second-order valence-corrected chi connectivity index (χ2v) is 3.39. The van der Waals surface area contributed by atoms with Crippen LogP contribution in [0.4, 0.5) is 4.39 Å². The minimum Gasteiger partial charge on any atom is -0.369 e. The topological polar surface area (TPSA) is 71.8 Å². The van der Waals surface area contributed by atoms with Crippen LogP contribution in [0.3, 0.4) is 0 Å². The number of nitrogens with one attached hydrogen (secondary N) is 1. The van der Waals surface area contributed by atoms with Gasteiger partial charge in [0.25, 0.3) is 0 Å². The Hall–Kier alpha value is -2.17. The van der Waals surface area contributed by atoms with E-state index in [0.717, 1.165) is 0 Å². The van der Waals surface area contributed by atoms with Gasteiger partial charge in [-0.25, -0.2) is 4.39 Å². The van der Waals surface area contributed by atoms with E-state index < -0.39 is 17.6 Å². The zero-order valence-corrected chi connectivity index (χ0v) is 8.35. The molecule has 1 unspecified atom stereocenters. The van der Waals surface area contributed by atoms with Crippen molar-refractivity contribution in [2.75, 3.05) is 0 Å². The van der Waals surface area contributed by atoms with E-state index in [9.17, 15) is 9.18 Å². The molecule has 0 radical (unpaired) electrons. The molecule has 0 saturated heterocycles. The maximum Gasteiger partial charge on any atom is 0.231 e. The molecule has 16 heavy (non-hydrogen) atoms. The third-order valence-electron chi connectivity index (χ3n) is 2.28. The Morgan fingerprint density at radius 2 is 2.25 bits per heavy atom. The Labute approximate surface area is 91.3 Å². The highest BCUT2D eigenvalue weighted by molar-refractivity contribution is 5.85. The second kappa shape index (κ2) is 4.14. The molecule has 0 bridgehead atoms. The van der Waals surface area contributed by atoms with E-state index in [1.54, 1.807) is 18.3 Å². The zero-order chi connectivity index (χ0) is 11.5. The predicted molar refractivity (Wildman–Crippen MR) is 56.0 cm³/mol. The molecule has 1 heterocycles. The highest BCUT2D eigenvalue weighted by Crippen LogP contribution is 2.22. The number of hydrogen-bond acceptors (Lipinski definition) is 2. The quantitative estimate of drug-likeness (QED) is 0.813. The number of primary amides is 1. The lowest BCUT2D eigenvalue weighted by molar-refractivity contribution is -0.118. The average Bonchev–Trinajstić information content (AvgIpc) is 2.71. The number of H-pyrrole nitrogens is 1. The molecule has 5 heteroatoms. The number of benzene rings is 1. The van der Waals surface area contributed by atoms with E-state index in [1.807, 2.05) is 0 Å². The molecule has 2 rings (SSSR count). The van der Waals surface area contributed by atoms with Gasteiger partial charge in [0.15, 0.2) is 0 Å². The van der Waals surface area contributed by atoms with Crippen molar-refractivity contribution in [2.24, 2.45) is 5.73 Å². The van der Waals surface area contributed by atoms with Crippen LogP contribution in [0.5, 0.6) is 0 Å². The van der Waals surface area contributed by atoms with E-state index in [1.165, 1.54) is 18.2 Å². The fourth-order valence-electron chi connectivity index (χ4n) is 1.60. The van der Waals surface area contributed by atoms with E-state index in [2.05, 4.69) is 10.2 Å². The van der Waals surface area contributed by atoms with Gasteiger partial charge in [-0.15, -0.1) is 0 Å². The Morgan fingerprint density at radius 1 is 1.44 bits per heavy atom. The highest BCUT2D eigenvalue weighted by atomic mass is 19.1. The summed E-state index contributed by atoms with van der Waals surface area (Å²) in [5.41, 5.74) is 6.28. The van der Waals surface area contributed by atoms with Gasteiger partial charge >= 0.3 is 0 Å². The molecule has 4 nitrogen and oxygen atoms in total. The molecule has 0 aliphatic carbocycles. The van der Waals surface area contributed by atoms with Crippen molar-refractivity contribution in [3.05, 3.63) is 53.6 Å². The molecule has 0 aliphatic heterocycles. The fraction of sp³-hybridized carbons (Fsp3) is 0.0909. The summed E-state index contributed by atoms with van der Waals surface area (Å²) in [4.78, 5) is 11.4. The number of halogens is 1. The summed E-state index contributed by atoms with van der Waals surface area (Å²) in [5.74, 6) is -1.68. The van der Waals surface area contributed by atoms with E-state index >= 15 is 0 Å². The first kappa shape index (κ1) is 10.4. The predicted octanol–water partition coefficient (Wildman–Crippen LogP) is 1.17. The van der Waals surface area contributed by atoms with Crippen molar-refractivity contribution < 1.29 is 9.18 Å². The van der Waals surface area contributed by atoms with Crippen molar-refractivity contribution in [3.8, 4) is 0 Å². The van der Waals surface area contributed by atoms with Gasteiger partial charge in [0.1, 0.15) is 11.7 Å². The van der Waals surface area contributed by atoms with E-state index in [4.69, 9.17) is 5.73 Å². The Morgan fingerprint density at radius 3 is 2.81 bits per heavy atom. The lowest BCUT2D eigenvalue weighted by atomic mass is 9.95. The van der Waals surface area contributed by atoms with E-state index in [0.29, 0.717) is 11.3 Å². The van der Waals surface area contributed by atoms with Crippen LogP contribution in [-0.4, -0.2) is 16.1 Å². The van der Waals surface area contributed by atoms with Crippen LogP contribution < -0.4 is 5.73 Å². The number of hydrogen-bond donors (Lipinski definition) is 2. The molecule has 1 amide bonds. The standard InChI is InChI=1S/C11H10FN3O/c12-8-3-1-2-7(6-8)10(11(13)16)9-4-5-14-15-9/h1-6,10H,(H2,13,16)(H,14,15). The van der Waals surface area contributed by atoms with Crippen molar-refractivity contribution in [1.29, 1.82) is 0 Å². The summed E-state index contributed by atoms with van der Waals surface area (Å²) in [5, 5.41) is 6.49. The third-order valence-corrected chi connectivity index (χ3v) is 2.28. The Balaban J connectivity index is 2.45. The molecule has 3 N–H and O–H groups in total. The third kappa shape index (κ3) is 1.93. The number of aromatic amines is 1. The molecule has 0 aliphatic rings. The molecule has 1 aromatic carbocycles. The van der Waals surface area contributed by atoms with Crippen LogP contribution in [0.2, 0.25) is 0 Å². The first-order chi connectivity index (χ1) is 7.68. The molecule has 2 aromatic rings. The minimum atomic E-state index is -0.720. The van der Waals surface area contributed by atoms with Crippen LogP contribution >= 0.6 is 0 Å². The molecule has 82 valence electrons. The molecular formula is C11H10FN3O. The first-order valence-corrected chi connectivity index (χ1v) is 4.73. The largest absolute Gasteiger partial charge is 0.369 e. The van der Waals surface area contributed by atoms with Crippen molar-refractivity contribution >= 4 is 5.91 Å².